The minimum absolute atomic E-state index is 0.0182. The highest BCUT2D eigenvalue weighted by Gasteiger charge is 2.22. The van der Waals surface area contributed by atoms with Crippen LogP contribution in [0.25, 0.3) is 0 Å². The molecular weight excluding hydrogens is 256 g/mol. The van der Waals surface area contributed by atoms with Gasteiger partial charge in [-0.15, -0.1) is 0 Å². The normalized spacial score (nSPS) is 16.7. The smallest absolute Gasteiger partial charge is 0.317 e. The first-order chi connectivity index (χ1) is 9.56. The molecule has 0 spiro atoms. The lowest BCUT2D eigenvalue weighted by Crippen LogP contribution is -2.49. The monoisotopic (exact) mass is 280 g/mol. The van der Waals surface area contributed by atoms with Gasteiger partial charge in [-0.2, -0.15) is 0 Å². The fourth-order valence-electron chi connectivity index (χ4n) is 2.49. The molecule has 1 fully saturated rings. The Labute approximate surface area is 119 Å². The molecule has 1 aromatic rings. The van der Waals surface area contributed by atoms with E-state index in [1.165, 1.54) is 6.39 Å². The highest BCUT2D eigenvalue weighted by Crippen LogP contribution is 2.11. The molecule has 0 aliphatic carbocycles. The Morgan fingerprint density at radius 1 is 1.50 bits per heavy atom. The first-order valence-corrected chi connectivity index (χ1v) is 7.24. The minimum atomic E-state index is -0.0182. The highest BCUT2D eigenvalue weighted by atomic mass is 16.3. The van der Waals surface area contributed by atoms with E-state index in [1.54, 1.807) is 0 Å². The second kappa shape index (κ2) is 6.74. The van der Waals surface area contributed by atoms with E-state index in [4.69, 9.17) is 4.42 Å². The largest absolute Gasteiger partial charge is 0.448 e. The number of hydrogen-bond acceptors (Lipinski definition) is 4. The Morgan fingerprint density at radius 2 is 2.20 bits per heavy atom. The van der Waals surface area contributed by atoms with Gasteiger partial charge in [0.25, 0.3) is 0 Å². The maximum atomic E-state index is 12.1. The van der Waals surface area contributed by atoms with Gasteiger partial charge in [0, 0.05) is 25.2 Å². The summed E-state index contributed by atoms with van der Waals surface area (Å²) in [5.41, 5.74) is 0.787. The van der Waals surface area contributed by atoms with E-state index in [1.807, 2.05) is 11.8 Å². The second-order valence-electron chi connectivity index (χ2n) is 5.60. The van der Waals surface area contributed by atoms with Crippen LogP contribution in [0.2, 0.25) is 0 Å². The average molecular weight is 280 g/mol. The summed E-state index contributed by atoms with van der Waals surface area (Å²) in [7, 11) is 0. The third-order valence-corrected chi connectivity index (χ3v) is 3.60. The number of carbonyl (C=O) groups excluding carboxylic acids is 1. The van der Waals surface area contributed by atoms with Crippen LogP contribution in [0.15, 0.2) is 10.8 Å². The number of aromatic nitrogens is 1. The summed E-state index contributed by atoms with van der Waals surface area (Å²) in [5, 5.41) is 6.42. The van der Waals surface area contributed by atoms with Crippen LogP contribution in [0, 0.1) is 6.92 Å². The third-order valence-electron chi connectivity index (χ3n) is 3.60. The molecule has 6 nitrogen and oxygen atoms in total. The Kier molecular flexibility index (Phi) is 5.00. The number of oxazole rings is 1. The fraction of sp³-hybridized carbons (Fsp3) is 0.714. The van der Waals surface area contributed by atoms with E-state index in [2.05, 4.69) is 29.5 Å². The van der Waals surface area contributed by atoms with Crippen molar-refractivity contribution in [3.05, 3.63) is 17.8 Å². The lowest BCUT2D eigenvalue weighted by Gasteiger charge is -2.33. The summed E-state index contributed by atoms with van der Waals surface area (Å²) >= 11 is 0. The predicted octanol–water partition coefficient (Wildman–Crippen LogP) is 1.66. The number of piperidine rings is 1. The van der Waals surface area contributed by atoms with E-state index >= 15 is 0 Å². The van der Waals surface area contributed by atoms with Crippen molar-refractivity contribution in [2.45, 2.75) is 52.2 Å². The van der Waals surface area contributed by atoms with Crippen LogP contribution in [0.5, 0.6) is 0 Å². The van der Waals surface area contributed by atoms with E-state index in [0.29, 0.717) is 18.6 Å². The number of hydrogen-bond donors (Lipinski definition) is 2. The van der Waals surface area contributed by atoms with E-state index in [9.17, 15) is 4.79 Å². The van der Waals surface area contributed by atoms with Gasteiger partial charge < -0.3 is 20.0 Å². The van der Waals surface area contributed by atoms with Gasteiger partial charge in [0.1, 0.15) is 11.5 Å². The van der Waals surface area contributed by atoms with Crippen LogP contribution in [0.3, 0.4) is 0 Å². The molecule has 2 rings (SSSR count). The van der Waals surface area contributed by atoms with E-state index in [-0.39, 0.29) is 6.03 Å². The molecule has 2 amide bonds. The minimum Gasteiger partial charge on any atom is -0.448 e. The number of aryl methyl sites for hydroxylation is 1. The van der Waals surface area contributed by atoms with Crippen molar-refractivity contribution >= 4 is 6.03 Å². The van der Waals surface area contributed by atoms with Crippen LogP contribution in [0.4, 0.5) is 4.79 Å². The quantitative estimate of drug-likeness (QED) is 0.880. The molecule has 0 saturated carbocycles. The molecule has 2 N–H and O–H groups in total. The first kappa shape index (κ1) is 14.8. The molecule has 0 unspecified atom stereocenters. The summed E-state index contributed by atoms with van der Waals surface area (Å²) in [6, 6.07) is 1.00. The van der Waals surface area contributed by atoms with Crippen molar-refractivity contribution in [1.29, 1.82) is 0 Å². The van der Waals surface area contributed by atoms with Crippen molar-refractivity contribution in [2.75, 3.05) is 13.1 Å². The maximum Gasteiger partial charge on any atom is 0.317 e. The molecule has 1 aromatic heterocycles. The molecule has 0 atom stereocenters. The maximum absolute atomic E-state index is 12.1. The molecule has 1 saturated heterocycles. The van der Waals surface area contributed by atoms with Gasteiger partial charge in [0.2, 0.25) is 0 Å². The van der Waals surface area contributed by atoms with Crippen molar-refractivity contribution in [2.24, 2.45) is 0 Å². The molecular formula is C14H24N4O2. The Hall–Kier alpha value is -1.56. The van der Waals surface area contributed by atoms with Gasteiger partial charge in [-0.25, -0.2) is 9.78 Å². The van der Waals surface area contributed by atoms with E-state index < -0.39 is 0 Å². The summed E-state index contributed by atoms with van der Waals surface area (Å²) in [6.45, 7) is 8.17. The number of likely N-dealkylation sites (tertiary alicyclic amines) is 1. The summed E-state index contributed by atoms with van der Waals surface area (Å²) in [5.74, 6) is 0.755. The zero-order chi connectivity index (χ0) is 14.5. The van der Waals surface area contributed by atoms with E-state index in [0.717, 1.165) is 37.4 Å². The number of nitrogens with one attached hydrogen (secondary N) is 2. The van der Waals surface area contributed by atoms with Gasteiger partial charge in [0.05, 0.1) is 6.54 Å². The SMILES string of the molecule is Cc1ocnc1CNC(=O)N1CCC(NC(C)C)CC1. The Morgan fingerprint density at radius 3 is 2.75 bits per heavy atom. The van der Waals surface area contributed by atoms with Crippen molar-refractivity contribution in [3.8, 4) is 0 Å². The molecule has 112 valence electrons. The second-order valence-corrected chi connectivity index (χ2v) is 5.60. The summed E-state index contributed by atoms with van der Waals surface area (Å²) in [6.07, 6.45) is 3.42. The fourth-order valence-corrected chi connectivity index (χ4v) is 2.49. The molecule has 1 aliphatic heterocycles. The number of carbonyl (C=O) groups is 1. The van der Waals surface area contributed by atoms with Crippen molar-refractivity contribution in [3.63, 3.8) is 0 Å². The molecule has 2 heterocycles. The average Bonchev–Trinajstić information content (AvgIpc) is 2.82. The number of urea groups is 1. The molecule has 20 heavy (non-hydrogen) atoms. The van der Waals surface area contributed by atoms with Gasteiger partial charge in [-0.05, 0) is 19.8 Å². The Bertz CT molecular complexity index is 436. The van der Waals surface area contributed by atoms with Gasteiger partial charge in [-0.3, -0.25) is 0 Å². The molecule has 0 bridgehead atoms. The van der Waals surface area contributed by atoms with Crippen LogP contribution in [-0.2, 0) is 6.54 Å². The summed E-state index contributed by atoms with van der Waals surface area (Å²) in [4.78, 5) is 18.0. The first-order valence-electron chi connectivity index (χ1n) is 7.24. The van der Waals surface area contributed by atoms with Crippen LogP contribution >= 0.6 is 0 Å². The van der Waals surface area contributed by atoms with Crippen molar-refractivity contribution in [1.82, 2.24) is 20.5 Å². The zero-order valence-corrected chi connectivity index (χ0v) is 12.5. The van der Waals surface area contributed by atoms with Gasteiger partial charge in [-0.1, -0.05) is 13.8 Å². The highest BCUT2D eigenvalue weighted by molar-refractivity contribution is 5.74. The number of rotatable bonds is 4. The standard InChI is InChI=1S/C14H24N4O2/c1-10(2)17-12-4-6-18(7-5-12)14(19)15-8-13-11(3)20-9-16-13/h9-10,12,17H,4-8H2,1-3H3,(H,15,19). The lowest BCUT2D eigenvalue weighted by molar-refractivity contribution is 0.174. The number of amides is 2. The summed E-state index contributed by atoms with van der Waals surface area (Å²) < 4.78 is 5.11. The van der Waals surface area contributed by atoms with Crippen LogP contribution in [0.1, 0.15) is 38.1 Å². The third kappa shape index (κ3) is 3.96. The van der Waals surface area contributed by atoms with Gasteiger partial charge >= 0.3 is 6.03 Å². The molecule has 1 aliphatic rings. The Balaban J connectivity index is 1.73. The topological polar surface area (TPSA) is 70.4 Å². The van der Waals surface area contributed by atoms with Crippen molar-refractivity contribution < 1.29 is 9.21 Å². The molecule has 6 heteroatoms. The van der Waals surface area contributed by atoms with Crippen LogP contribution in [-0.4, -0.2) is 41.1 Å². The number of nitrogens with zero attached hydrogens (tertiary/aromatic N) is 2. The lowest BCUT2D eigenvalue weighted by atomic mass is 10.0. The predicted molar refractivity (Wildman–Crippen MR) is 76.3 cm³/mol. The zero-order valence-electron chi connectivity index (χ0n) is 12.5. The van der Waals surface area contributed by atoms with Crippen LogP contribution < -0.4 is 10.6 Å². The van der Waals surface area contributed by atoms with Gasteiger partial charge in [0.15, 0.2) is 6.39 Å². The molecule has 0 aromatic carbocycles. The molecule has 0 radical (unpaired) electrons.